The Hall–Kier alpha value is -2.69. The van der Waals surface area contributed by atoms with Crippen molar-refractivity contribution in [2.45, 2.75) is 19.4 Å². The number of fused-ring (bicyclic) bond motifs is 1. The van der Waals surface area contributed by atoms with Crippen LogP contribution in [0, 0.1) is 0 Å². The summed E-state index contributed by atoms with van der Waals surface area (Å²) in [5.74, 6) is -0.888. The number of hydrogen-bond donors (Lipinski definition) is 1. The van der Waals surface area contributed by atoms with Gasteiger partial charge in [-0.1, -0.05) is 6.08 Å². The second-order valence-corrected chi connectivity index (χ2v) is 5.13. The van der Waals surface area contributed by atoms with E-state index in [1.165, 1.54) is 12.3 Å². The van der Waals surface area contributed by atoms with E-state index in [1.807, 2.05) is 13.0 Å². The molecular weight excluding hydrogens is 285 g/mol. The van der Waals surface area contributed by atoms with Crippen LogP contribution in [0.5, 0.6) is 5.75 Å². The molecule has 4 nitrogen and oxygen atoms in total. The average molecular weight is 299 g/mol. The molecule has 1 N–H and O–H groups in total. The summed E-state index contributed by atoms with van der Waals surface area (Å²) in [5.41, 5.74) is 2.36. The third kappa shape index (κ3) is 2.70. The van der Waals surface area contributed by atoms with Crippen molar-refractivity contribution in [3.8, 4) is 5.75 Å². The molecule has 1 atom stereocenters. The molecule has 5 heteroatoms. The Balaban J connectivity index is 2.10. The van der Waals surface area contributed by atoms with Crippen LogP contribution in [-0.4, -0.2) is 23.1 Å². The molecule has 0 bridgehead atoms. The van der Waals surface area contributed by atoms with Crippen LogP contribution in [-0.2, 0) is 0 Å². The first-order valence-corrected chi connectivity index (χ1v) is 6.89. The van der Waals surface area contributed by atoms with Crippen LogP contribution in [0.1, 0.15) is 29.3 Å². The van der Waals surface area contributed by atoms with Crippen molar-refractivity contribution in [1.29, 1.82) is 0 Å². The van der Waals surface area contributed by atoms with E-state index < -0.39 is 11.9 Å². The third-order valence-corrected chi connectivity index (χ3v) is 3.51. The van der Waals surface area contributed by atoms with E-state index in [0.29, 0.717) is 11.3 Å². The molecule has 2 aliphatic rings. The topological polar surface area (TPSA) is 58.9 Å². The van der Waals surface area contributed by atoms with Gasteiger partial charge in [-0.3, -0.25) is 0 Å². The van der Waals surface area contributed by atoms with Gasteiger partial charge in [0.2, 0.25) is 0 Å². The zero-order valence-electron chi connectivity index (χ0n) is 11.9. The Morgan fingerprint density at radius 2 is 2.27 bits per heavy atom. The van der Waals surface area contributed by atoms with Crippen LogP contribution in [0.25, 0.3) is 5.57 Å². The van der Waals surface area contributed by atoms with Crippen molar-refractivity contribution in [3.63, 3.8) is 0 Å². The molecule has 0 fully saturated rings. The lowest BCUT2D eigenvalue weighted by Crippen LogP contribution is -2.16. The Morgan fingerprint density at radius 3 is 3.05 bits per heavy atom. The van der Waals surface area contributed by atoms with Crippen molar-refractivity contribution < 1.29 is 19.0 Å². The highest BCUT2D eigenvalue weighted by atomic mass is 19.1. The first-order chi connectivity index (χ1) is 10.5. The van der Waals surface area contributed by atoms with E-state index in [4.69, 9.17) is 9.84 Å². The molecule has 22 heavy (non-hydrogen) atoms. The first-order valence-electron chi connectivity index (χ1n) is 6.89. The largest absolute Gasteiger partial charge is 0.486 e. The summed E-state index contributed by atoms with van der Waals surface area (Å²) in [5, 5.41) is 9.16. The summed E-state index contributed by atoms with van der Waals surface area (Å²) in [6, 6.07) is 4.69. The number of carboxylic acid groups (broad SMARTS) is 1. The number of ether oxygens (including phenoxy) is 1. The van der Waals surface area contributed by atoms with Gasteiger partial charge in [0.05, 0.1) is 5.56 Å². The Kier molecular flexibility index (Phi) is 3.63. The van der Waals surface area contributed by atoms with Crippen molar-refractivity contribution in [2.75, 3.05) is 0 Å². The molecule has 112 valence electrons. The fourth-order valence-electron chi connectivity index (χ4n) is 2.54. The molecule has 1 aromatic carbocycles. The normalized spacial score (nSPS) is 20.1. The molecule has 1 unspecified atom stereocenters. The summed E-state index contributed by atoms with van der Waals surface area (Å²) in [6.45, 7) is 1.88. The molecule has 2 heterocycles. The molecule has 1 aromatic rings. The number of carboxylic acids is 1. The zero-order chi connectivity index (χ0) is 15.7. The van der Waals surface area contributed by atoms with Gasteiger partial charge in [-0.2, -0.15) is 4.39 Å². The van der Waals surface area contributed by atoms with Gasteiger partial charge in [-0.15, -0.1) is 0 Å². The number of halogens is 1. The smallest absolute Gasteiger partial charge is 0.335 e. The summed E-state index contributed by atoms with van der Waals surface area (Å²) in [6.07, 6.45) is 6.63. The number of benzene rings is 1. The highest BCUT2D eigenvalue weighted by Crippen LogP contribution is 2.38. The van der Waals surface area contributed by atoms with E-state index >= 15 is 0 Å². The van der Waals surface area contributed by atoms with Crippen molar-refractivity contribution >= 4 is 17.5 Å². The van der Waals surface area contributed by atoms with Gasteiger partial charge in [0, 0.05) is 18.2 Å². The zero-order valence-corrected chi connectivity index (χ0v) is 11.9. The monoisotopic (exact) mass is 299 g/mol. The molecule has 0 amide bonds. The van der Waals surface area contributed by atoms with E-state index in [9.17, 15) is 9.18 Å². The minimum atomic E-state index is -1.01. The number of aliphatic imine (C=N–C) groups is 1. The number of carbonyl (C=O) groups is 1. The lowest BCUT2D eigenvalue weighted by molar-refractivity contribution is 0.0697. The molecule has 0 saturated carbocycles. The van der Waals surface area contributed by atoms with Gasteiger partial charge in [0.25, 0.3) is 0 Å². The van der Waals surface area contributed by atoms with Crippen molar-refractivity contribution in [2.24, 2.45) is 4.99 Å². The van der Waals surface area contributed by atoms with Crippen LogP contribution < -0.4 is 4.74 Å². The van der Waals surface area contributed by atoms with Crippen LogP contribution in [0.15, 0.2) is 53.2 Å². The van der Waals surface area contributed by atoms with Gasteiger partial charge >= 0.3 is 5.97 Å². The number of aromatic carboxylic acids is 1. The SMILES string of the molecule is CC1C=C(C2=CC=CN=C(F)C2)c2cc(C(=O)O)ccc2O1. The predicted octanol–water partition coefficient (Wildman–Crippen LogP) is 3.76. The lowest BCUT2D eigenvalue weighted by Gasteiger charge is -2.24. The fourth-order valence-corrected chi connectivity index (χ4v) is 2.54. The van der Waals surface area contributed by atoms with Crippen LogP contribution in [0.4, 0.5) is 4.39 Å². The quantitative estimate of drug-likeness (QED) is 0.904. The van der Waals surface area contributed by atoms with Gasteiger partial charge in [-0.25, -0.2) is 9.79 Å². The molecule has 0 aromatic heterocycles. The molecule has 3 rings (SSSR count). The maximum Gasteiger partial charge on any atom is 0.335 e. The van der Waals surface area contributed by atoms with Crippen LogP contribution in [0.3, 0.4) is 0 Å². The van der Waals surface area contributed by atoms with Gasteiger partial charge < -0.3 is 9.84 Å². The maximum atomic E-state index is 13.6. The summed E-state index contributed by atoms with van der Waals surface area (Å²) >= 11 is 0. The Bertz CT molecular complexity index is 759. The predicted molar refractivity (Wildman–Crippen MR) is 81.9 cm³/mol. The number of rotatable bonds is 2. The van der Waals surface area contributed by atoms with E-state index in [2.05, 4.69) is 4.99 Å². The maximum absolute atomic E-state index is 13.6. The summed E-state index contributed by atoms with van der Waals surface area (Å²) in [7, 11) is 0. The molecular formula is C17H14FNO3. The molecule has 0 saturated heterocycles. The van der Waals surface area contributed by atoms with Gasteiger partial charge in [-0.05, 0) is 48.4 Å². The molecule has 0 aliphatic carbocycles. The van der Waals surface area contributed by atoms with Crippen molar-refractivity contribution in [1.82, 2.24) is 0 Å². The molecule has 0 radical (unpaired) electrons. The van der Waals surface area contributed by atoms with Crippen LogP contribution >= 0.6 is 0 Å². The Morgan fingerprint density at radius 1 is 1.45 bits per heavy atom. The molecule has 0 spiro atoms. The minimum Gasteiger partial charge on any atom is -0.486 e. The van der Waals surface area contributed by atoms with E-state index in [0.717, 1.165) is 11.1 Å². The highest BCUT2D eigenvalue weighted by molar-refractivity contribution is 5.94. The highest BCUT2D eigenvalue weighted by Gasteiger charge is 2.23. The van der Waals surface area contributed by atoms with E-state index in [-0.39, 0.29) is 18.1 Å². The first kappa shape index (κ1) is 14.3. The number of hydrogen-bond acceptors (Lipinski definition) is 3. The fraction of sp³-hybridized carbons (Fsp3) is 0.176. The second kappa shape index (κ2) is 5.60. The second-order valence-electron chi connectivity index (χ2n) is 5.13. The van der Waals surface area contributed by atoms with Crippen LogP contribution in [0.2, 0.25) is 0 Å². The average Bonchev–Trinajstić information content (AvgIpc) is 2.70. The van der Waals surface area contributed by atoms with Gasteiger partial charge in [0.1, 0.15) is 11.9 Å². The summed E-state index contributed by atoms with van der Waals surface area (Å²) in [4.78, 5) is 14.8. The molecule has 2 aliphatic heterocycles. The van der Waals surface area contributed by atoms with Crippen molar-refractivity contribution in [3.05, 3.63) is 59.3 Å². The lowest BCUT2D eigenvalue weighted by atomic mass is 9.90. The standard InChI is InChI=1S/C17H14FNO3/c1-10-7-13(11-3-2-6-19-16(18)9-11)14-8-12(17(20)21)4-5-15(14)22-10/h2-8,10H,9H2,1H3,(H,20,21). The third-order valence-electron chi connectivity index (χ3n) is 3.51. The van der Waals surface area contributed by atoms with Gasteiger partial charge in [0.15, 0.2) is 5.97 Å². The van der Waals surface area contributed by atoms with E-state index in [1.54, 1.807) is 24.3 Å². The minimum absolute atomic E-state index is 0.0717. The number of allylic oxidation sites excluding steroid dienone is 4. The Labute approximate surface area is 126 Å². The number of nitrogens with zero attached hydrogens (tertiary/aromatic N) is 1. The summed E-state index contributed by atoms with van der Waals surface area (Å²) < 4.78 is 19.3.